The monoisotopic (exact) mass is 355 g/mol. The molecule has 1 aromatic heterocycles. The number of aromatic carboxylic acids is 1. The summed E-state index contributed by atoms with van der Waals surface area (Å²) in [7, 11) is 0. The Hall–Kier alpha value is -3.22. The number of carbonyl (C=O) groups excluding carboxylic acids is 2. The van der Waals surface area contributed by atoms with E-state index in [0.717, 1.165) is 0 Å². The number of hydrogen-bond acceptors (Lipinski definition) is 4. The SMILES string of the molecule is Cc1nc(C(=O)Nc2ccc(C(=O)NC(C)(C)C)cc2)ccc1C(=O)O. The molecular formula is C19H21N3O4. The van der Waals surface area contributed by atoms with Crippen LogP contribution in [0, 0.1) is 6.92 Å². The Balaban J connectivity index is 2.09. The second-order valence-corrected chi connectivity index (χ2v) is 6.87. The Bertz CT molecular complexity index is 852. The first-order valence-corrected chi connectivity index (χ1v) is 8.02. The van der Waals surface area contributed by atoms with E-state index in [9.17, 15) is 14.4 Å². The van der Waals surface area contributed by atoms with Gasteiger partial charge >= 0.3 is 5.97 Å². The number of aryl methyl sites for hydroxylation is 1. The van der Waals surface area contributed by atoms with Crippen LogP contribution in [0.15, 0.2) is 36.4 Å². The lowest BCUT2D eigenvalue weighted by molar-refractivity contribution is 0.0694. The first-order chi connectivity index (χ1) is 12.1. The summed E-state index contributed by atoms with van der Waals surface area (Å²) in [6.07, 6.45) is 0. The second-order valence-electron chi connectivity index (χ2n) is 6.87. The summed E-state index contributed by atoms with van der Waals surface area (Å²) in [6.45, 7) is 7.21. The van der Waals surface area contributed by atoms with Crippen LogP contribution in [0.25, 0.3) is 0 Å². The van der Waals surface area contributed by atoms with E-state index in [1.54, 1.807) is 24.3 Å². The number of aromatic nitrogens is 1. The van der Waals surface area contributed by atoms with E-state index in [-0.39, 0.29) is 28.4 Å². The van der Waals surface area contributed by atoms with Gasteiger partial charge in [0.05, 0.1) is 11.3 Å². The average molecular weight is 355 g/mol. The maximum atomic E-state index is 12.3. The van der Waals surface area contributed by atoms with Gasteiger partial charge in [-0.05, 0) is 64.1 Å². The lowest BCUT2D eigenvalue weighted by atomic mass is 10.1. The zero-order valence-electron chi connectivity index (χ0n) is 15.1. The van der Waals surface area contributed by atoms with Gasteiger partial charge in [0.1, 0.15) is 5.69 Å². The highest BCUT2D eigenvalue weighted by Crippen LogP contribution is 2.13. The Labute approximate surface area is 151 Å². The molecule has 2 rings (SSSR count). The Morgan fingerprint density at radius 2 is 1.58 bits per heavy atom. The molecule has 2 aromatic rings. The maximum Gasteiger partial charge on any atom is 0.337 e. The van der Waals surface area contributed by atoms with Gasteiger partial charge in [-0.1, -0.05) is 0 Å². The number of amides is 2. The molecule has 0 saturated carbocycles. The molecule has 1 aromatic carbocycles. The van der Waals surface area contributed by atoms with Crippen molar-refractivity contribution < 1.29 is 19.5 Å². The molecule has 2 amide bonds. The molecule has 0 saturated heterocycles. The number of rotatable bonds is 4. The second kappa shape index (κ2) is 7.35. The standard InChI is InChI=1S/C19H21N3O4/c1-11-14(18(25)26)9-10-15(20-11)17(24)21-13-7-5-12(6-8-13)16(23)22-19(2,3)4/h5-10H,1-4H3,(H,21,24)(H,22,23)(H,25,26). The highest BCUT2D eigenvalue weighted by atomic mass is 16.4. The van der Waals surface area contributed by atoms with Crippen LogP contribution in [0.3, 0.4) is 0 Å². The normalized spacial score (nSPS) is 10.9. The molecule has 0 atom stereocenters. The number of hydrogen-bond donors (Lipinski definition) is 3. The summed E-state index contributed by atoms with van der Waals surface area (Å²) in [5, 5.41) is 14.5. The van der Waals surface area contributed by atoms with Gasteiger partial charge < -0.3 is 15.7 Å². The fourth-order valence-corrected chi connectivity index (χ4v) is 2.23. The van der Waals surface area contributed by atoms with Crippen LogP contribution in [-0.2, 0) is 0 Å². The molecule has 0 spiro atoms. The van der Waals surface area contributed by atoms with Crippen LogP contribution in [0.2, 0.25) is 0 Å². The summed E-state index contributed by atoms with van der Waals surface area (Å²) in [5.41, 5.74) is 1.08. The van der Waals surface area contributed by atoms with Gasteiger partial charge in [-0.2, -0.15) is 0 Å². The van der Waals surface area contributed by atoms with Gasteiger partial charge in [0.25, 0.3) is 11.8 Å². The van der Waals surface area contributed by atoms with Crippen molar-refractivity contribution in [3.05, 3.63) is 58.9 Å². The van der Waals surface area contributed by atoms with Crippen LogP contribution in [-0.4, -0.2) is 33.4 Å². The first kappa shape index (κ1) is 19.1. The van der Waals surface area contributed by atoms with Crippen molar-refractivity contribution in [1.82, 2.24) is 10.3 Å². The van der Waals surface area contributed by atoms with Crippen LogP contribution in [0.1, 0.15) is 57.7 Å². The zero-order chi connectivity index (χ0) is 19.5. The third-order valence-corrected chi connectivity index (χ3v) is 3.44. The summed E-state index contributed by atoms with van der Waals surface area (Å²) in [4.78, 5) is 39.4. The molecule has 26 heavy (non-hydrogen) atoms. The molecule has 0 aliphatic carbocycles. The summed E-state index contributed by atoms with van der Waals surface area (Å²) in [6, 6.07) is 9.17. The molecule has 0 aliphatic rings. The van der Waals surface area contributed by atoms with Crippen molar-refractivity contribution in [2.24, 2.45) is 0 Å². The minimum atomic E-state index is -1.09. The number of anilines is 1. The Morgan fingerprint density at radius 3 is 2.08 bits per heavy atom. The lowest BCUT2D eigenvalue weighted by Crippen LogP contribution is -2.40. The van der Waals surface area contributed by atoms with Crippen molar-refractivity contribution in [3.8, 4) is 0 Å². The van der Waals surface area contributed by atoms with Gasteiger partial charge in [-0.3, -0.25) is 9.59 Å². The topological polar surface area (TPSA) is 108 Å². The molecule has 0 bridgehead atoms. The number of carboxylic acids is 1. The van der Waals surface area contributed by atoms with Crippen molar-refractivity contribution >= 4 is 23.5 Å². The van der Waals surface area contributed by atoms with E-state index in [4.69, 9.17) is 5.11 Å². The predicted molar refractivity (Wildman–Crippen MR) is 97.5 cm³/mol. The number of nitrogens with one attached hydrogen (secondary N) is 2. The number of carbonyl (C=O) groups is 3. The number of pyridine rings is 1. The molecule has 3 N–H and O–H groups in total. The lowest BCUT2D eigenvalue weighted by Gasteiger charge is -2.20. The minimum Gasteiger partial charge on any atom is -0.478 e. The molecule has 0 unspecified atom stereocenters. The number of carboxylic acid groups (broad SMARTS) is 1. The largest absolute Gasteiger partial charge is 0.478 e. The van der Waals surface area contributed by atoms with Crippen LogP contribution in [0.4, 0.5) is 5.69 Å². The highest BCUT2D eigenvalue weighted by Gasteiger charge is 2.16. The van der Waals surface area contributed by atoms with E-state index >= 15 is 0 Å². The number of benzene rings is 1. The van der Waals surface area contributed by atoms with Gasteiger partial charge in [-0.25, -0.2) is 9.78 Å². The van der Waals surface area contributed by atoms with E-state index in [2.05, 4.69) is 15.6 Å². The average Bonchev–Trinajstić information content (AvgIpc) is 2.53. The highest BCUT2D eigenvalue weighted by molar-refractivity contribution is 6.03. The minimum absolute atomic E-state index is 0.0516. The maximum absolute atomic E-state index is 12.3. The fourth-order valence-electron chi connectivity index (χ4n) is 2.23. The summed E-state index contributed by atoms with van der Waals surface area (Å²) < 4.78 is 0. The van der Waals surface area contributed by atoms with Crippen molar-refractivity contribution in [1.29, 1.82) is 0 Å². The van der Waals surface area contributed by atoms with Crippen LogP contribution < -0.4 is 10.6 Å². The van der Waals surface area contributed by atoms with Gasteiger partial charge in [-0.15, -0.1) is 0 Å². The quantitative estimate of drug-likeness (QED) is 0.781. The van der Waals surface area contributed by atoms with E-state index in [1.807, 2.05) is 20.8 Å². The number of nitrogens with zero attached hydrogens (tertiary/aromatic N) is 1. The van der Waals surface area contributed by atoms with Gasteiger partial charge in [0.2, 0.25) is 0 Å². The molecule has 7 heteroatoms. The third-order valence-electron chi connectivity index (χ3n) is 3.44. The predicted octanol–water partition coefficient (Wildman–Crippen LogP) is 2.87. The molecule has 0 fully saturated rings. The van der Waals surface area contributed by atoms with Crippen molar-refractivity contribution in [3.63, 3.8) is 0 Å². The van der Waals surface area contributed by atoms with Gasteiger partial charge in [0, 0.05) is 16.8 Å². The molecule has 136 valence electrons. The molecule has 0 aliphatic heterocycles. The Kier molecular flexibility index (Phi) is 5.40. The fraction of sp³-hybridized carbons (Fsp3) is 0.263. The molecule has 0 radical (unpaired) electrons. The Morgan fingerprint density at radius 1 is 0.962 bits per heavy atom. The summed E-state index contributed by atoms with van der Waals surface area (Å²) >= 11 is 0. The summed E-state index contributed by atoms with van der Waals surface area (Å²) in [5.74, 6) is -1.75. The van der Waals surface area contributed by atoms with Crippen LogP contribution >= 0.6 is 0 Å². The molecular weight excluding hydrogens is 334 g/mol. The van der Waals surface area contributed by atoms with Crippen molar-refractivity contribution in [2.45, 2.75) is 33.2 Å². The first-order valence-electron chi connectivity index (χ1n) is 8.02. The van der Waals surface area contributed by atoms with E-state index in [1.165, 1.54) is 19.1 Å². The third kappa shape index (κ3) is 4.89. The smallest absolute Gasteiger partial charge is 0.337 e. The molecule has 7 nitrogen and oxygen atoms in total. The van der Waals surface area contributed by atoms with Crippen LogP contribution in [0.5, 0.6) is 0 Å². The van der Waals surface area contributed by atoms with Gasteiger partial charge in [0.15, 0.2) is 0 Å². The van der Waals surface area contributed by atoms with Crippen molar-refractivity contribution in [2.75, 3.05) is 5.32 Å². The molecule has 1 heterocycles. The van der Waals surface area contributed by atoms with E-state index < -0.39 is 11.9 Å². The van der Waals surface area contributed by atoms with E-state index in [0.29, 0.717) is 11.3 Å². The zero-order valence-corrected chi connectivity index (χ0v) is 15.1.